The van der Waals surface area contributed by atoms with Gasteiger partial charge >= 0.3 is 48.4 Å². The van der Waals surface area contributed by atoms with Gasteiger partial charge in [-0.05, 0) is 95.4 Å². The van der Waals surface area contributed by atoms with Crippen molar-refractivity contribution in [2.24, 2.45) is 0 Å². The maximum absolute atomic E-state index is 10.9. The molecule has 0 spiro atoms. The second kappa shape index (κ2) is 29.5. The van der Waals surface area contributed by atoms with E-state index in [1.165, 1.54) is 32.4 Å². The summed E-state index contributed by atoms with van der Waals surface area (Å²) in [7, 11) is 0. The Kier molecular flexibility index (Phi) is 26.2. The number of anilines is 2. The number of carbonyl (C=O) groups is 1. The molecular weight excluding hydrogens is 823 g/mol. The molecule has 8 nitrogen and oxygen atoms in total. The van der Waals surface area contributed by atoms with Gasteiger partial charge in [0.2, 0.25) is 0 Å². The maximum atomic E-state index is 10.9. The van der Waals surface area contributed by atoms with Crippen LogP contribution in [0.15, 0.2) is 102 Å². The predicted molar refractivity (Wildman–Crippen MR) is 243 cm³/mol. The van der Waals surface area contributed by atoms with Crippen molar-refractivity contribution in [2.75, 3.05) is 62.4 Å². The van der Waals surface area contributed by atoms with Crippen LogP contribution in [0, 0.1) is 6.92 Å². The predicted octanol–water partition coefficient (Wildman–Crippen LogP) is 2.87. The zero-order valence-electron chi connectivity index (χ0n) is 34.0. The van der Waals surface area contributed by atoms with Gasteiger partial charge in [-0.2, -0.15) is 6.42 Å². The average Bonchev–Trinajstić information content (AvgIpc) is 4.08. The Bertz CT molecular complexity index is 2070. The zero-order chi connectivity index (χ0) is 40.8. The van der Waals surface area contributed by atoms with Crippen LogP contribution in [0.1, 0.15) is 50.3 Å². The van der Waals surface area contributed by atoms with E-state index in [4.69, 9.17) is 20.4 Å². The molecule has 6 rings (SSSR count). The number of thiophene rings is 4. The largest absolute Gasteiger partial charge is 1.00 e. The summed E-state index contributed by atoms with van der Waals surface area (Å²) in [5.74, 6) is -1.15. The second-order valence-electron chi connectivity index (χ2n) is 12.4. The first-order chi connectivity index (χ1) is 27.8. The quantitative estimate of drug-likeness (QED) is 0.0769. The summed E-state index contributed by atoms with van der Waals surface area (Å²) in [6.45, 7) is 7.96. The van der Waals surface area contributed by atoms with Crippen molar-refractivity contribution >= 4 is 87.0 Å². The van der Waals surface area contributed by atoms with E-state index in [2.05, 4.69) is 67.8 Å². The Labute approximate surface area is 398 Å². The van der Waals surface area contributed by atoms with Gasteiger partial charge in [0.25, 0.3) is 0 Å². The molecule has 0 aliphatic heterocycles. The van der Waals surface area contributed by atoms with Gasteiger partial charge in [0.15, 0.2) is 0 Å². The van der Waals surface area contributed by atoms with Crippen molar-refractivity contribution in [3.8, 4) is 19.5 Å². The van der Waals surface area contributed by atoms with Crippen LogP contribution < -0.4 is 63.3 Å². The van der Waals surface area contributed by atoms with E-state index in [0.717, 1.165) is 43.6 Å². The number of carbonyl (C=O) groups excluding carboxylic acids is 1. The minimum absolute atomic E-state index is 0. The molecule has 0 radical (unpaired) electrons. The number of aliphatic hydroxyl groups is 4. The van der Waals surface area contributed by atoms with Gasteiger partial charge in [-0.3, -0.25) is 0 Å². The summed E-state index contributed by atoms with van der Waals surface area (Å²) < 4.78 is 0. The molecule has 0 aliphatic rings. The molecule has 0 fully saturated rings. The number of nitrogens with zero attached hydrogens (tertiary/aromatic N) is 2. The molecule has 59 heavy (non-hydrogen) atoms. The fourth-order valence-corrected chi connectivity index (χ4v) is 8.91. The van der Waals surface area contributed by atoms with Crippen molar-refractivity contribution in [3.05, 3.63) is 135 Å². The van der Waals surface area contributed by atoms with Gasteiger partial charge in [0, 0.05) is 66.8 Å². The molecule has 2 aromatic carbocycles. The number of hydrogen-bond donors (Lipinski definition) is 4. The number of rotatable bonds is 18. The Morgan fingerprint density at radius 1 is 0.610 bits per heavy atom. The van der Waals surface area contributed by atoms with Gasteiger partial charge < -0.3 is 47.1 Å². The molecule has 14 heteroatoms. The third kappa shape index (κ3) is 17.6. The average molecular weight is 873 g/mol. The summed E-state index contributed by atoms with van der Waals surface area (Å²) in [5.41, 5.74) is 4.14. The maximum Gasteiger partial charge on any atom is 1.00 e. The monoisotopic (exact) mass is 872 g/mol. The van der Waals surface area contributed by atoms with Crippen LogP contribution in [0.3, 0.4) is 0 Å². The van der Waals surface area contributed by atoms with Crippen molar-refractivity contribution < 1.29 is 78.7 Å². The van der Waals surface area contributed by atoms with Gasteiger partial charge in [-0.1, -0.05) is 55.8 Å². The van der Waals surface area contributed by atoms with Crippen molar-refractivity contribution in [3.63, 3.8) is 0 Å². The minimum atomic E-state index is -1.15. The molecule has 0 amide bonds. The number of unbranched alkanes of at least 4 members (excludes halogenated alkanes) is 1. The van der Waals surface area contributed by atoms with Crippen LogP contribution in [-0.4, -0.2) is 79.0 Å². The van der Waals surface area contributed by atoms with E-state index in [0.29, 0.717) is 26.2 Å². The van der Waals surface area contributed by atoms with E-state index in [9.17, 15) is 9.90 Å². The Balaban J connectivity index is 0.000000363. The van der Waals surface area contributed by atoms with Crippen molar-refractivity contribution in [1.82, 2.24) is 0 Å². The molecular formula is C45H50LiN2NaO6S4. The third-order valence-corrected chi connectivity index (χ3v) is 12.7. The fourth-order valence-electron chi connectivity index (χ4n) is 5.32. The van der Waals surface area contributed by atoms with E-state index >= 15 is 0 Å². The molecule has 6 aromatic rings. The number of aromatic carboxylic acids is 1. The van der Waals surface area contributed by atoms with Crippen LogP contribution in [0.5, 0.6) is 0 Å². The zero-order valence-corrected chi connectivity index (χ0v) is 39.3. The SMILES string of the molecule is O=C([O-])c1ccc(-c2ccc(/C=C/c3ccc(N(CCO)CCO)cc3)s2)s1.OCCN(CCO)c1ccc(/C=C/c2ccc(-c3cccs3)s2)cc1.[CH2-]CCC.[Li+].[Na+]. The fraction of sp³-hybridized carbons (Fsp3) is 0.244. The first-order valence-electron chi connectivity index (χ1n) is 18.7. The first-order valence-corrected chi connectivity index (χ1v) is 22.0. The van der Waals surface area contributed by atoms with Crippen molar-refractivity contribution in [1.29, 1.82) is 0 Å². The number of benzene rings is 2. The smallest absolute Gasteiger partial charge is 0.544 e. The molecule has 0 aliphatic carbocycles. The summed E-state index contributed by atoms with van der Waals surface area (Å²) in [4.78, 5) is 21.9. The number of carboxylic acids is 1. The minimum Gasteiger partial charge on any atom is -0.544 e. The molecule has 0 bridgehead atoms. The molecule has 0 atom stereocenters. The molecule has 0 unspecified atom stereocenters. The van der Waals surface area contributed by atoms with Gasteiger partial charge in [-0.15, -0.1) is 45.3 Å². The van der Waals surface area contributed by atoms with Crippen molar-refractivity contribution in [2.45, 2.75) is 19.8 Å². The Morgan fingerprint density at radius 3 is 1.37 bits per heavy atom. The third-order valence-electron chi connectivity index (χ3n) is 8.30. The van der Waals surface area contributed by atoms with E-state index in [-0.39, 0.29) is 79.7 Å². The van der Waals surface area contributed by atoms with Crippen LogP contribution in [0.2, 0.25) is 0 Å². The molecule has 4 aromatic heterocycles. The molecule has 4 heterocycles. The molecule has 302 valence electrons. The second-order valence-corrected chi connectivity index (χ2v) is 16.7. The van der Waals surface area contributed by atoms with Crippen LogP contribution in [0.25, 0.3) is 43.8 Å². The molecule has 4 N–H and O–H groups in total. The van der Waals surface area contributed by atoms with Crippen LogP contribution in [-0.2, 0) is 0 Å². The Morgan fingerprint density at radius 2 is 1.02 bits per heavy atom. The molecule has 0 saturated heterocycles. The number of carboxylic acid groups (broad SMARTS) is 1. The van der Waals surface area contributed by atoms with Crippen LogP contribution in [0.4, 0.5) is 11.4 Å². The van der Waals surface area contributed by atoms with Gasteiger partial charge in [0.1, 0.15) is 0 Å². The number of aliphatic hydroxyl groups excluding tert-OH is 4. The summed E-state index contributed by atoms with van der Waals surface area (Å²) in [6.07, 6.45) is 10.6. The van der Waals surface area contributed by atoms with E-state index in [1.807, 2.05) is 70.5 Å². The summed E-state index contributed by atoms with van der Waals surface area (Å²) in [5, 5.41) is 49.5. The standard InChI is InChI=1S/C21H21NO4S2.C20H21NO2S2.C4H9.Li.Na/c23-13-11-22(12-14-24)16-4-1-15(2-5-16)3-6-17-7-8-18(27-17)19-9-10-20(28-19)21(25)26;22-13-11-21(12-14-23)17-6-3-16(4-7-17)5-8-18-9-10-20(25-18)19-2-1-15-24-19;1-3-4-2;;/h1-10,23-24H,11-14H2,(H,25,26);1-10,15,22-23H,11-14H2;1,3-4H2,2H3;;/q;;-1;2*+1/p-1/b6-3+;8-5+;;;. The Hall–Kier alpha value is -2.77. The van der Waals surface area contributed by atoms with Gasteiger partial charge in [-0.25, -0.2) is 0 Å². The molecule has 0 saturated carbocycles. The van der Waals surface area contributed by atoms with E-state index in [1.54, 1.807) is 46.1 Å². The normalized spacial score (nSPS) is 10.6. The topological polar surface area (TPSA) is 128 Å². The summed E-state index contributed by atoms with van der Waals surface area (Å²) in [6, 6.07) is 32.0. The number of hydrogen-bond acceptors (Lipinski definition) is 12. The first kappa shape index (κ1) is 52.4. The van der Waals surface area contributed by atoms with Gasteiger partial charge in [0.05, 0.1) is 37.3 Å². The van der Waals surface area contributed by atoms with Crippen LogP contribution >= 0.6 is 45.3 Å². The summed E-state index contributed by atoms with van der Waals surface area (Å²) >= 11 is 6.37. The van der Waals surface area contributed by atoms with E-state index < -0.39 is 5.97 Å².